The number of allylic oxidation sites excluding steroid dienone is 4. The molecular formula is C33H62NO9P. The van der Waals surface area contributed by atoms with Crippen LogP contribution in [0.2, 0.25) is 0 Å². The summed E-state index contributed by atoms with van der Waals surface area (Å²) in [4.78, 5) is 33.1. The molecule has 0 amide bonds. The van der Waals surface area contributed by atoms with Gasteiger partial charge in [0.2, 0.25) is 0 Å². The van der Waals surface area contributed by atoms with Crippen LogP contribution in [0.5, 0.6) is 0 Å². The second-order valence-electron chi connectivity index (χ2n) is 11.3. The summed E-state index contributed by atoms with van der Waals surface area (Å²) in [5, 5.41) is 8.82. The van der Waals surface area contributed by atoms with Gasteiger partial charge in [0.15, 0.2) is 0 Å². The quantitative estimate of drug-likeness (QED) is 0.0283. The zero-order valence-electron chi connectivity index (χ0n) is 27.5. The third-order valence-corrected chi connectivity index (χ3v) is 7.92. The molecule has 4 N–H and O–H groups in total. The highest BCUT2D eigenvalue weighted by Gasteiger charge is 2.27. The number of hydrogen-bond donors (Lipinski definition) is 3. The van der Waals surface area contributed by atoms with Crippen molar-refractivity contribution in [3.8, 4) is 0 Å². The highest BCUT2D eigenvalue weighted by atomic mass is 31.2. The number of hydrogen-bond acceptors (Lipinski definition) is 8. The number of phosphoric acid groups is 1. The first-order valence-corrected chi connectivity index (χ1v) is 18.4. The molecule has 0 aromatic heterocycles. The van der Waals surface area contributed by atoms with Gasteiger partial charge in [0.05, 0.1) is 19.8 Å². The molecule has 11 heteroatoms. The van der Waals surface area contributed by atoms with E-state index in [4.69, 9.17) is 24.8 Å². The van der Waals surface area contributed by atoms with Gasteiger partial charge in [0, 0.05) is 13.0 Å². The largest absolute Gasteiger partial charge is 0.480 e. The Bertz CT molecular complexity index is 806. The Balaban J connectivity index is 4.34. The number of carboxylic acids is 1. The van der Waals surface area contributed by atoms with Crippen molar-refractivity contribution in [2.24, 2.45) is 5.73 Å². The summed E-state index contributed by atoms with van der Waals surface area (Å²) in [6.45, 7) is 3.73. The first kappa shape index (κ1) is 42.5. The molecule has 0 aromatic rings. The van der Waals surface area contributed by atoms with Gasteiger partial charge in [0.1, 0.15) is 12.1 Å². The standard InChI is InChI=1S/C33H62NO9P/c1-3-5-7-9-11-13-14-15-16-17-18-20-22-24-26-40-27-30(28-41-44(38,39)42-29-31(34)33(36)37)43-32(35)25-23-21-19-12-10-8-6-4-2/h7,9,13-14,30-31H,3-6,8,10-12,15-29,34H2,1-2H3,(H,36,37)(H,38,39)/b9-7-,14-13-. The highest BCUT2D eigenvalue weighted by molar-refractivity contribution is 7.47. The molecule has 10 nitrogen and oxygen atoms in total. The Labute approximate surface area is 266 Å². The van der Waals surface area contributed by atoms with Crippen molar-refractivity contribution in [2.45, 2.75) is 148 Å². The molecule has 0 saturated heterocycles. The number of unbranched alkanes of at least 4 members (excludes halogenated alkanes) is 14. The Morgan fingerprint density at radius 3 is 1.93 bits per heavy atom. The van der Waals surface area contributed by atoms with E-state index in [9.17, 15) is 19.0 Å². The number of carbonyl (C=O) groups excluding carboxylic acids is 1. The number of carbonyl (C=O) groups is 2. The minimum Gasteiger partial charge on any atom is -0.480 e. The van der Waals surface area contributed by atoms with Gasteiger partial charge in [-0.25, -0.2) is 4.57 Å². The van der Waals surface area contributed by atoms with Crippen LogP contribution in [0.1, 0.15) is 136 Å². The molecule has 0 aliphatic rings. The number of rotatable bonds is 32. The van der Waals surface area contributed by atoms with Crippen molar-refractivity contribution in [2.75, 3.05) is 26.4 Å². The normalized spacial score (nSPS) is 14.6. The Kier molecular flexibility index (Phi) is 29.1. The van der Waals surface area contributed by atoms with Crippen LogP contribution in [0.15, 0.2) is 24.3 Å². The van der Waals surface area contributed by atoms with Gasteiger partial charge in [-0.2, -0.15) is 0 Å². The van der Waals surface area contributed by atoms with Crippen LogP contribution in [-0.2, 0) is 32.7 Å². The second kappa shape index (κ2) is 30.1. The Morgan fingerprint density at radius 1 is 0.727 bits per heavy atom. The summed E-state index contributed by atoms with van der Waals surface area (Å²) in [7, 11) is -4.60. The van der Waals surface area contributed by atoms with Crippen LogP contribution >= 0.6 is 7.82 Å². The number of phosphoric ester groups is 1. The highest BCUT2D eigenvalue weighted by Crippen LogP contribution is 2.43. The van der Waals surface area contributed by atoms with E-state index in [1.807, 2.05) is 0 Å². The number of nitrogens with two attached hydrogens (primary N) is 1. The summed E-state index contributed by atoms with van der Waals surface area (Å²) in [5.74, 6) is -1.79. The van der Waals surface area contributed by atoms with Gasteiger partial charge in [-0.3, -0.25) is 18.6 Å². The Morgan fingerprint density at radius 2 is 1.30 bits per heavy atom. The van der Waals surface area contributed by atoms with Crippen LogP contribution in [0, 0.1) is 0 Å². The molecule has 0 heterocycles. The van der Waals surface area contributed by atoms with Crippen molar-refractivity contribution < 1.29 is 42.7 Å². The molecule has 0 bridgehead atoms. The molecule has 0 aliphatic heterocycles. The second-order valence-corrected chi connectivity index (χ2v) is 12.7. The molecule has 258 valence electrons. The van der Waals surface area contributed by atoms with Crippen molar-refractivity contribution in [3.05, 3.63) is 24.3 Å². The smallest absolute Gasteiger partial charge is 0.472 e. The van der Waals surface area contributed by atoms with Crippen molar-refractivity contribution in [1.29, 1.82) is 0 Å². The number of esters is 1. The SMILES string of the molecule is CCC/C=C\C/C=C\CCCCCCCCOCC(COP(=O)(O)OCC(N)C(=O)O)OC(=O)CCCCCCCCCC. The lowest BCUT2D eigenvalue weighted by atomic mass is 10.1. The number of ether oxygens (including phenoxy) is 2. The van der Waals surface area contributed by atoms with Crippen molar-refractivity contribution >= 4 is 19.8 Å². The maximum absolute atomic E-state index is 12.4. The summed E-state index contributed by atoms with van der Waals surface area (Å²) in [5.41, 5.74) is 5.31. The van der Waals surface area contributed by atoms with Crippen molar-refractivity contribution in [1.82, 2.24) is 0 Å². The molecule has 0 spiro atoms. The summed E-state index contributed by atoms with van der Waals surface area (Å²) < 4.78 is 33.0. The van der Waals surface area contributed by atoms with E-state index < -0.39 is 45.1 Å². The van der Waals surface area contributed by atoms with E-state index in [0.29, 0.717) is 13.0 Å². The molecular weight excluding hydrogens is 585 g/mol. The molecule has 0 radical (unpaired) electrons. The van der Waals surface area contributed by atoms with Crippen LogP contribution in [0.25, 0.3) is 0 Å². The lowest BCUT2D eigenvalue weighted by Gasteiger charge is -2.20. The van der Waals surface area contributed by atoms with E-state index in [1.165, 1.54) is 51.4 Å². The van der Waals surface area contributed by atoms with Gasteiger partial charge in [0.25, 0.3) is 0 Å². The predicted molar refractivity (Wildman–Crippen MR) is 175 cm³/mol. The third-order valence-electron chi connectivity index (χ3n) is 6.96. The first-order chi connectivity index (χ1) is 21.2. The lowest BCUT2D eigenvalue weighted by Crippen LogP contribution is -2.34. The average Bonchev–Trinajstić information content (AvgIpc) is 2.99. The fourth-order valence-corrected chi connectivity index (χ4v) is 5.06. The Hall–Kier alpha value is -1.55. The predicted octanol–water partition coefficient (Wildman–Crippen LogP) is 8.02. The molecule has 44 heavy (non-hydrogen) atoms. The molecule has 3 atom stereocenters. The van der Waals surface area contributed by atoms with E-state index in [-0.39, 0.29) is 13.0 Å². The fraction of sp³-hybridized carbons (Fsp3) is 0.818. The average molecular weight is 648 g/mol. The maximum atomic E-state index is 12.4. The topological polar surface area (TPSA) is 155 Å². The maximum Gasteiger partial charge on any atom is 0.472 e. The van der Waals surface area contributed by atoms with Gasteiger partial charge >= 0.3 is 19.8 Å². The fourth-order valence-electron chi connectivity index (χ4n) is 4.29. The summed E-state index contributed by atoms with van der Waals surface area (Å²) >= 11 is 0. The van der Waals surface area contributed by atoms with Crippen LogP contribution in [-0.4, -0.2) is 60.5 Å². The van der Waals surface area contributed by atoms with Crippen LogP contribution in [0.3, 0.4) is 0 Å². The molecule has 0 aliphatic carbocycles. The van der Waals surface area contributed by atoms with Crippen LogP contribution < -0.4 is 5.73 Å². The lowest BCUT2D eigenvalue weighted by molar-refractivity contribution is -0.154. The van der Waals surface area contributed by atoms with Gasteiger partial charge < -0.3 is 25.2 Å². The monoisotopic (exact) mass is 647 g/mol. The number of carboxylic acid groups (broad SMARTS) is 1. The van der Waals surface area contributed by atoms with E-state index in [0.717, 1.165) is 57.8 Å². The van der Waals surface area contributed by atoms with Gasteiger partial charge in [-0.05, 0) is 38.5 Å². The van der Waals surface area contributed by atoms with Gasteiger partial charge in [-0.15, -0.1) is 0 Å². The van der Waals surface area contributed by atoms with E-state index in [1.54, 1.807) is 0 Å². The minimum atomic E-state index is -4.60. The minimum absolute atomic E-state index is 0.0117. The van der Waals surface area contributed by atoms with E-state index >= 15 is 0 Å². The van der Waals surface area contributed by atoms with Crippen LogP contribution in [0.4, 0.5) is 0 Å². The molecule has 0 rings (SSSR count). The molecule has 0 saturated carbocycles. The summed E-state index contributed by atoms with van der Waals surface area (Å²) in [6.07, 6.45) is 28.2. The van der Waals surface area contributed by atoms with E-state index in [2.05, 4.69) is 42.7 Å². The molecule has 0 aromatic carbocycles. The summed E-state index contributed by atoms with van der Waals surface area (Å²) in [6, 6.07) is -1.47. The number of aliphatic carboxylic acids is 1. The first-order valence-electron chi connectivity index (χ1n) is 16.9. The van der Waals surface area contributed by atoms with Gasteiger partial charge in [-0.1, -0.05) is 115 Å². The zero-order valence-corrected chi connectivity index (χ0v) is 28.4. The third kappa shape index (κ3) is 29.2. The zero-order chi connectivity index (χ0) is 32.7. The van der Waals surface area contributed by atoms with Crippen molar-refractivity contribution in [3.63, 3.8) is 0 Å². The molecule has 0 fully saturated rings. The molecule has 3 unspecified atom stereocenters.